The molecular weight excluding hydrogens is 248 g/mol. The molecule has 0 aromatic rings. The Morgan fingerprint density at radius 2 is 1.90 bits per heavy atom. The summed E-state index contributed by atoms with van der Waals surface area (Å²) in [5, 5.41) is 13.1. The number of nitrogens with one attached hydrogen (secondary N) is 1. The lowest BCUT2D eigenvalue weighted by Crippen LogP contribution is -2.47. The molecule has 2 rings (SSSR count). The lowest BCUT2D eigenvalue weighted by molar-refractivity contribution is 0.117. The van der Waals surface area contributed by atoms with E-state index in [1.54, 1.807) is 0 Å². The molecule has 0 radical (unpaired) electrons. The SMILES string of the molecule is CCNC1C(CN(CCO)C2CCCC2)CCC1(C)C. The first-order valence-corrected chi connectivity index (χ1v) is 8.66. The Bertz CT molecular complexity index is 287. The average Bonchev–Trinajstić information content (AvgIpc) is 3.01. The topological polar surface area (TPSA) is 35.5 Å². The van der Waals surface area contributed by atoms with Crippen LogP contribution in [-0.2, 0) is 0 Å². The van der Waals surface area contributed by atoms with Gasteiger partial charge >= 0.3 is 0 Å². The predicted molar refractivity (Wildman–Crippen MR) is 84.9 cm³/mol. The first-order chi connectivity index (χ1) is 9.58. The van der Waals surface area contributed by atoms with Crippen LogP contribution in [0.5, 0.6) is 0 Å². The third kappa shape index (κ3) is 3.75. The molecule has 2 aliphatic carbocycles. The van der Waals surface area contributed by atoms with Gasteiger partial charge in [-0.05, 0) is 43.6 Å². The fourth-order valence-corrected chi connectivity index (χ4v) is 4.50. The molecule has 2 unspecified atom stereocenters. The van der Waals surface area contributed by atoms with Crippen molar-refractivity contribution in [2.75, 3.05) is 26.2 Å². The summed E-state index contributed by atoms with van der Waals surface area (Å²) in [5.74, 6) is 0.747. The lowest BCUT2D eigenvalue weighted by Gasteiger charge is -2.36. The molecule has 118 valence electrons. The second-order valence-corrected chi connectivity index (χ2v) is 7.48. The van der Waals surface area contributed by atoms with Crippen molar-refractivity contribution in [3.63, 3.8) is 0 Å². The van der Waals surface area contributed by atoms with Crippen LogP contribution in [0.3, 0.4) is 0 Å². The molecule has 2 fully saturated rings. The highest BCUT2D eigenvalue weighted by Gasteiger charge is 2.42. The highest BCUT2D eigenvalue weighted by Crippen LogP contribution is 2.42. The van der Waals surface area contributed by atoms with Crippen LogP contribution in [0.15, 0.2) is 0 Å². The van der Waals surface area contributed by atoms with Gasteiger partial charge in [0.2, 0.25) is 0 Å². The quantitative estimate of drug-likeness (QED) is 0.753. The molecule has 3 heteroatoms. The van der Waals surface area contributed by atoms with E-state index in [2.05, 4.69) is 31.0 Å². The standard InChI is InChI=1S/C17H34N2O/c1-4-18-16-14(9-10-17(16,2)3)13-19(11-12-20)15-7-5-6-8-15/h14-16,18,20H,4-13H2,1-3H3. The lowest BCUT2D eigenvalue weighted by atomic mass is 9.84. The van der Waals surface area contributed by atoms with Gasteiger partial charge < -0.3 is 10.4 Å². The van der Waals surface area contributed by atoms with Crippen LogP contribution in [0.25, 0.3) is 0 Å². The number of nitrogens with zero attached hydrogens (tertiary/aromatic N) is 1. The molecule has 0 aromatic heterocycles. The first-order valence-electron chi connectivity index (χ1n) is 8.66. The van der Waals surface area contributed by atoms with E-state index in [1.807, 2.05) is 0 Å². The summed E-state index contributed by atoms with van der Waals surface area (Å²) in [4.78, 5) is 2.59. The van der Waals surface area contributed by atoms with Crippen LogP contribution in [0.4, 0.5) is 0 Å². The summed E-state index contributed by atoms with van der Waals surface area (Å²) in [5.41, 5.74) is 0.418. The Kier molecular flexibility index (Phi) is 5.88. The molecule has 0 aliphatic heterocycles. The number of hydrogen-bond acceptors (Lipinski definition) is 3. The highest BCUT2D eigenvalue weighted by molar-refractivity contribution is 4.97. The van der Waals surface area contributed by atoms with Gasteiger partial charge in [0, 0.05) is 25.2 Å². The first kappa shape index (κ1) is 16.3. The van der Waals surface area contributed by atoms with Crippen molar-refractivity contribution in [3.8, 4) is 0 Å². The molecule has 0 amide bonds. The number of rotatable bonds is 7. The van der Waals surface area contributed by atoms with Gasteiger partial charge in [0.25, 0.3) is 0 Å². The Morgan fingerprint density at radius 3 is 2.50 bits per heavy atom. The zero-order valence-corrected chi connectivity index (χ0v) is 13.7. The van der Waals surface area contributed by atoms with E-state index in [1.165, 1.54) is 45.1 Å². The number of hydrogen-bond donors (Lipinski definition) is 2. The minimum absolute atomic E-state index is 0.304. The zero-order chi connectivity index (χ0) is 14.6. The monoisotopic (exact) mass is 282 g/mol. The fourth-order valence-electron chi connectivity index (χ4n) is 4.50. The van der Waals surface area contributed by atoms with Gasteiger partial charge in [0.1, 0.15) is 0 Å². The largest absolute Gasteiger partial charge is 0.395 e. The maximum Gasteiger partial charge on any atom is 0.0558 e. The smallest absolute Gasteiger partial charge is 0.0558 e. The fraction of sp³-hybridized carbons (Fsp3) is 1.00. The van der Waals surface area contributed by atoms with Crippen LogP contribution in [0.1, 0.15) is 59.3 Å². The van der Waals surface area contributed by atoms with Crippen molar-refractivity contribution in [2.45, 2.75) is 71.4 Å². The van der Waals surface area contributed by atoms with E-state index in [4.69, 9.17) is 0 Å². The summed E-state index contributed by atoms with van der Waals surface area (Å²) in [6, 6.07) is 1.36. The van der Waals surface area contributed by atoms with Gasteiger partial charge in [-0.1, -0.05) is 33.6 Å². The molecule has 2 N–H and O–H groups in total. The minimum Gasteiger partial charge on any atom is -0.395 e. The van der Waals surface area contributed by atoms with Gasteiger partial charge in [-0.3, -0.25) is 4.90 Å². The minimum atomic E-state index is 0.304. The molecular formula is C17H34N2O. The molecule has 20 heavy (non-hydrogen) atoms. The summed E-state index contributed by atoms with van der Waals surface area (Å²) in [6.45, 7) is 10.4. The Morgan fingerprint density at radius 1 is 1.20 bits per heavy atom. The van der Waals surface area contributed by atoms with Crippen molar-refractivity contribution in [1.82, 2.24) is 10.2 Å². The van der Waals surface area contributed by atoms with Crippen LogP contribution in [-0.4, -0.2) is 48.3 Å². The molecule has 2 saturated carbocycles. The number of aliphatic hydroxyl groups is 1. The second kappa shape index (κ2) is 7.24. The molecule has 0 saturated heterocycles. The van der Waals surface area contributed by atoms with Crippen LogP contribution < -0.4 is 5.32 Å². The predicted octanol–water partition coefficient (Wildman–Crippen LogP) is 2.64. The second-order valence-electron chi connectivity index (χ2n) is 7.48. The maximum absolute atomic E-state index is 9.39. The summed E-state index contributed by atoms with van der Waals surface area (Å²) in [7, 11) is 0. The van der Waals surface area contributed by atoms with E-state index in [0.29, 0.717) is 18.1 Å². The number of aliphatic hydroxyl groups excluding tert-OH is 1. The molecule has 0 spiro atoms. The van der Waals surface area contributed by atoms with E-state index >= 15 is 0 Å². The Labute approximate surface area is 125 Å². The van der Waals surface area contributed by atoms with Crippen molar-refractivity contribution in [3.05, 3.63) is 0 Å². The normalized spacial score (nSPS) is 30.4. The third-order valence-corrected chi connectivity index (χ3v) is 5.59. The van der Waals surface area contributed by atoms with E-state index in [0.717, 1.165) is 25.0 Å². The highest BCUT2D eigenvalue weighted by atomic mass is 16.3. The van der Waals surface area contributed by atoms with E-state index in [9.17, 15) is 5.11 Å². The van der Waals surface area contributed by atoms with Crippen molar-refractivity contribution >= 4 is 0 Å². The summed E-state index contributed by atoms with van der Waals surface area (Å²) >= 11 is 0. The zero-order valence-electron chi connectivity index (χ0n) is 13.7. The van der Waals surface area contributed by atoms with Gasteiger partial charge in [-0.2, -0.15) is 0 Å². The van der Waals surface area contributed by atoms with Crippen molar-refractivity contribution < 1.29 is 5.11 Å². The van der Waals surface area contributed by atoms with Crippen LogP contribution >= 0.6 is 0 Å². The van der Waals surface area contributed by atoms with Crippen LogP contribution in [0, 0.1) is 11.3 Å². The summed E-state index contributed by atoms with van der Waals surface area (Å²) < 4.78 is 0. The van der Waals surface area contributed by atoms with Crippen LogP contribution in [0.2, 0.25) is 0 Å². The molecule has 0 aromatic carbocycles. The van der Waals surface area contributed by atoms with E-state index < -0.39 is 0 Å². The van der Waals surface area contributed by atoms with Crippen molar-refractivity contribution in [1.29, 1.82) is 0 Å². The van der Waals surface area contributed by atoms with Gasteiger partial charge in [0.05, 0.1) is 6.61 Å². The van der Waals surface area contributed by atoms with E-state index in [-0.39, 0.29) is 0 Å². The molecule has 3 nitrogen and oxygen atoms in total. The third-order valence-electron chi connectivity index (χ3n) is 5.59. The van der Waals surface area contributed by atoms with Crippen molar-refractivity contribution in [2.24, 2.45) is 11.3 Å². The Hall–Kier alpha value is -0.120. The Balaban J connectivity index is 1.97. The molecule has 0 heterocycles. The molecule has 0 bridgehead atoms. The summed E-state index contributed by atoms with van der Waals surface area (Å²) in [6.07, 6.45) is 8.08. The van der Waals surface area contributed by atoms with Gasteiger partial charge in [-0.15, -0.1) is 0 Å². The van der Waals surface area contributed by atoms with Gasteiger partial charge in [-0.25, -0.2) is 0 Å². The molecule has 2 atom stereocenters. The maximum atomic E-state index is 9.39. The van der Waals surface area contributed by atoms with Gasteiger partial charge in [0.15, 0.2) is 0 Å². The molecule has 2 aliphatic rings. The average molecular weight is 282 g/mol.